The summed E-state index contributed by atoms with van der Waals surface area (Å²) in [5.74, 6) is 1.66. The molecule has 4 aromatic heterocycles. The van der Waals surface area contributed by atoms with Crippen LogP contribution in [0.2, 0.25) is 0 Å². The number of aromatic nitrogens is 6. The molecule has 5 heterocycles. The number of nitrogens with one attached hydrogen (secondary N) is 1. The van der Waals surface area contributed by atoms with Gasteiger partial charge in [-0.2, -0.15) is 0 Å². The van der Waals surface area contributed by atoms with Crippen LogP contribution in [0.5, 0.6) is 0 Å². The van der Waals surface area contributed by atoms with E-state index in [1.807, 2.05) is 23.1 Å². The van der Waals surface area contributed by atoms with E-state index in [2.05, 4.69) is 33.9 Å². The van der Waals surface area contributed by atoms with Crippen LogP contribution in [0.3, 0.4) is 0 Å². The smallest absolute Gasteiger partial charge is 0.241 e. The van der Waals surface area contributed by atoms with Crippen molar-refractivity contribution in [2.75, 3.05) is 38.9 Å². The number of nitrogens with zero attached hydrogens (tertiary/aromatic N) is 6. The van der Waals surface area contributed by atoms with Gasteiger partial charge in [-0.1, -0.05) is 0 Å². The molecule has 2 aliphatic rings. The van der Waals surface area contributed by atoms with Gasteiger partial charge in [-0.3, -0.25) is 0 Å². The molecule has 0 aromatic carbocycles. The quantitative estimate of drug-likeness (QED) is 0.356. The molecule has 37 heavy (non-hydrogen) atoms. The molecule has 10 nitrogen and oxygen atoms in total. The Kier molecular flexibility index (Phi) is 7.04. The highest BCUT2D eigenvalue weighted by molar-refractivity contribution is 5.85. The van der Waals surface area contributed by atoms with E-state index in [4.69, 9.17) is 29.3 Å². The predicted octanol–water partition coefficient (Wildman–Crippen LogP) is 4.19. The highest BCUT2D eigenvalue weighted by atomic mass is 16.5. The maximum atomic E-state index is 5.89. The van der Waals surface area contributed by atoms with Crippen LogP contribution in [0.1, 0.15) is 50.4 Å². The van der Waals surface area contributed by atoms with Crippen LogP contribution >= 0.6 is 0 Å². The number of hydrogen-bond acceptors (Lipinski definition) is 8. The van der Waals surface area contributed by atoms with Gasteiger partial charge in [0.25, 0.3) is 0 Å². The molecule has 1 aliphatic carbocycles. The molecule has 0 unspecified atom stereocenters. The summed E-state index contributed by atoms with van der Waals surface area (Å²) in [4.78, 5) is 14.1. The second-order valence-corrected chi connectivity index (χ2v) is 10.1. The summed E-state index contributed by atoms with van der Waals surface area (Å²) in [5, 5.41) is 8.27. The number of anilines is 1. The van der Waals surface area contributed by atoms with Crippen molar-refractivity contribution in [2.24, 2.45) is 0 Å². The van der Waals surface area contributed by atoms with Gasteiger partial charge in [0, 0.05) is 55.9 Å². The van der Waals surface area contributed by atoms with Crippen molar-refractivity contribution in [1.82, 2.24) is 29.1 Å². The minimum Gasteiger partial charge on any atom is -0.382 e. The van der Waals surface area contributed by atoms with E-state index >= 15 is 0 Å². The van der Waals surface area contributed by atoms with Gasteiger partial charge in [0.1, 0.15) is 5.82 Å². The number of fused-ring (bicyclic) bond motifs is 2. The normalized spacial score (nSPS) is 21.1. The third-order valence-corrected chi connectivity index (χ3v) is 7.66. The molecule has 1 saturated heterocycles. The van der Waals surface area contributed by atoms with Crippen LogP contribution < -0.4 is 5.32 Å². The van der Waals surface area contributed by atoms with Crippen molar-refractivity contribution in [3.63, 3.8) is 0 Å². The topological polar surface area (TPSA) is 101 Å². The van der Waals surface area contributed by atoms with Gasteiger partial charge in [-0.25, -0.2) is 19.5 Å². The third-order valence-electron chi connectivity index (χ3n) is 7.66. The molecule has 4 aromatic rings. The molecule has 0 radical (unpaired) electrons. The fourth-order valence-corrected chi connectivity index (χ4v) is 5.71. The first-order valence-corrected chi connectivity index (χ1v) is 13.3. The summed E-state index contributed by atoms with van der Waals surface area (Å²) >= 11 is 0. The number of ether oxygens (including phenoxy) is 3. The van der Waals surface area contributed by atoms with E-state index in [9.17, 15) is 0 Å². The maximum absolute atomic E-state index is 5.89. The summed E-state index contributed by atoms with van der Waals surface area (Å²) in [6, 6.07) is 5.04. The average molecular weight is 506 g/mol. The Bertz CT molecular complexity index is 1350. The molecule has 10 heteroatoms. The summed E-state index contributed by atoms with van der Waals surface area (Å²) in [7, 11) is 1.70. The first-order chi connectivity index (χ1) is 18.2. The SMILES string of the molecule is COCCO[C@H]1CC[C@H](Nc2ncc3c(-c4cnc5nc(C)n(C6CCOCC6)c5c4)ccn3n2)CC1. The Morgan fingerprint density at radius 3 is 2.68 bits per heavy atom. The van der Waals surface area contributed by atoms with E-state index in [1.165, 1.54) is 0 Å². The Balaban J connectivity index is 1.19. The zero-order valence-electron chi connectivity index (χ0n) is 21.6. The average Bonchev–Trinajstić information content (AvgIpc) is 3.49. The Morgan fingerprint density at radius 1 is 1.03 bits per heavy atom. The number of methoxy groups -OCH3 is 1. The van der Waals surface area contributed by atoms with Crippen LogP contribution in [0.4, 0.5) is 5.95 Å². The van der Waals surface area contributed by atoms with Crippen molar-refractivity contribution in [3.05, 3.63) is 36.5 Å². The minimum atomic E-state index is 0.320. The number of hydrogen-bond donors (Lipinski definition) is 1. The van der Waals surface area contributed by atoms with Crippen LogP contribution in [-0.4, -0.2) is 74.8 Å². The zero-order valence-corrected chi connectivity index (χ0v) is 21.6. The van der Waals surface area contributed by atoms with Crippen LogP contribution in [-0.2, 0) is 14.2 Å². The van der Waals surface area contributed by atoms with Gasteiger partial charge in [0.05, 0.1) is 36.5 Å². The van der Waals surface area contributed by atoms with Crippen molar-refractivity contribution in [3.8, 4) is 11.1 Å². The molecule has 0 bridgehead atoms. The highest BCUT2D eigenvalue weighted by Crippen LogP contribution is 2.32. The molecule has 0 amide bonds. The van der Waals surface area contributed by atoms with E-state index in [1.54, 1.807) is 7.11 Å². The second-order valence-electron chi connectivity index (χ2n) is 10.1. The van der Waals surface area contributed by atoms with Crippen molar-refractivity contribution >= 4 is 22.6 Å². The van der Waals surface area contributed by atoms with Gasteiger partial charge in [-0.15, -0.1) is 5.10 Å². The molecule has 0 spiro atoms. The largest absolute Gasteiger partial charge is 0.382 e. The molecule has 196 valence electrons. The van der Waals surface area contributed by atoms with Gasteiger partial charge in [0.15, 0.2) is 5.65 Å². The van der Waals surface area contributed by atoms with Crippen LogP contribution in [0, 0.1) is 6.92 Å². The van der Waals surface area contributed by atoms with Gasteiger partial charge in [-0.05, 0) is 57.6 Å². The lowest BCUT2D eigenvalue weighted by atomic mass is 9.93. The monoisotopic (exact) mass is 505 g/mol. The first-order valence-electron chi connectivity index (χ1n) is 13.3. The molecule has 0 atom stereocenters. The predicted molar refractivity (Wildman–Crippen MR) is 141 cm³/mol. The number of aryl methyl sites for hydroxylation is 1. The molecule has 1 N–H and O–H groups in total. The molecule has 2 fully saturated rings. The number of pyridine rings is 1. The van der Waals surface area contributed by atoms with Crippen LogP contribution in [0.15, 0.2) is 30.7 Å². The molecule has 6 rings (SSSR count). The molecule has 1 saturated carbocycles. The van der Waals surface area contributed by atoms with Gasteiger partial charge >= 0.3 is 0 Å². The molecule has 1 aliphatic heterocycles. The molecular weight excluding hydrogens is 470 g/mol. The van der Waals surface area contributed by atoms with Crippen molar-refractivity contribution < 1.29 is 14.2 Å². The Morgan fingerprint density at radius 2 is 1.86 bits per heavy atom. The summed E-state index contributed by atoms with van der Waals surface area (Å²) < 4.78 is 20.8. The maximum Gasteiger partial charge on any atom is 0.241 e. The standard InChI is InChI=1S/C27H35N7O3/c1-18-30-26-24(34(18)21-8-11-36-12-9-21)15-19(16-28-26)23-7-10-33-25(23)17-29-27(32-33)31-20-3-5-22(6-4-20)37-14-13-35-2/h7,10,15-17,20-22H,3-6,8-9,11-14H2,1-2H3,(H,31,32)/t20-,22-. The lowest BCUT2D eigenvalue weighted by Crippen LogP contribution is -2.31. The summed E-state index contributed by atoms with van der Waals surface area (Å²) in [6.45, 7) is 4.95. The van der Waals surface area contributed by atoms with E-state index in [-0.39, 0.29) is 0 Å². The van der Waals surface area contributed by atoms with E-state index in [0.29, 0.717) is 37.3 Å². The number of imidazole rings is 1. The summed E-state index contributed by atoms with van der Waals surface area (Å²) in [5.41, 5.74) is 4.92. The third kappa shape index (κ3) is 5.05. The van der Waals surface area contributed by atoms with Crippen LogP contribution in [0.25, 0.3) is 27.8 Å². The van der Waals surface area contributed by atoms with Crippen molar-refractivity contribution in [1.29, 1.82) is 0 Å². The van der Waals surface area contributed by atoms with E-state index in [0.717, 1.165) is 85.4 Å². The minimum absolute atomic E-state index is 0.320. The fourth-order valence-electron chi connectivity index (χ4n) is 5.71. The first kappa shape index (κ1) is 24.3. The Hall–Kier alpha value is -3.08. The highest BCUT2D eigenvalue weighted by Gasteiger charge is 2.23. The summed E-state index contributed by atoms with van der Waals surface area (Å²) in [6.07, 6.45) is 12.3. The zero-order chi connectivity index (χ0) is 25.2. The molecular formula is C27H35N7O3. The lowest BCUT2D eigenvalue weighted by Gasteiger charge is -2.29. The van der Waals surface area contributed by atoms with E-state index < -0.39 is 0 Å². The van der Waals surface area contributed by atoms with Gasteiger partial charge in [0.2, 0.25) is 5.95 Å². The number of rotatable bonds is 8. The Labute approximate surface area is 216 Å². The second kappa shape index (κ2) is 10.7. The van der Waals surface area contributed by atoms with Crippen molar-refractivity contribution in [2.45, 2.75) is 63.6 Å². The fraction of sp³-hybridized carbons (Fsp3) is 0.556. The van der Waals surface area contributed by atoms with Gasteiger partial charge < -0.3 is 24.1 Å². The lowest BCUT2D eigenvalue weighted by molar-refractivity contribution is -0.00158.